The zero-order valence-electron chi connectivity index (χ0n) is 11.1. The van der Waals surface area contributed by atoms with Crippen molar-refractivity contribution in [2.45, 2.75) is 39.2 Å². The van der Waals surface area contributed by atoms with Gasteiger partial charge in [0.25, 0.3) is 5.91 Å². The molecule has 1 amide bonds. The van der Waals surface area contributed by atoms with E-state index in [1.807, 2.05) is 32.9 Å². The Bertz CT molecular complexity index is 434. The molecule has 0 radical (unpaired) electrons. The summed E-state index contributed by atoms with van der Waals surface area (Å²) < 4.78 is 0. The molecule has 0 spiro atoms. The summed E-state index contributed by atoms with van der Waals surface area (Å²) in [6, 6.07) is 5.39. The maximum atomic E-state index is 12.2. The molecule has 0 saturated carbocycles. The number of aliphatic hydroxyl groups is 1. The quantitative estimate of drug-likeness (QED) is 0.863. The Balaban J connectivity index is 2.91. The number of hydrogen-bond donors (Lipinski definition) is 2. The number of halogens is 1. The number of carbonyl (C=O) groups excluding carboxylic acids is 1. The van der Waals surface area contributed by atoms with Gasteiger partial charge in [-0.05, 0) is 38.3 Å². The zero-order chi connectivity index (χ0) is 13.8. The van der Waals surface area contributed by atoms with Crippen molar-refractivity contribution >= 4 is 17.5 Å². The second-order valence-corrected chi connectivity index (χ2v) is 5.16. The number of benzene rings is 1. The van der Waals surface area contributed by atoms with E-state index in [2.05, 4.69) is 5.32 Å². The molecule has 1 aromatic carbocycles. The monoisotopic (exact) mass is 269 g/mol. The van der Waals surface area contributed by atoms with Crippen LogP contribution in [0.4, 0.5) is 0 Å². The standard InChI is InChI=1S/C14H20ClNO2/c1-4-14(3,8-9-17)16-13(18)11-7-5-6-10(2)12(11)15/h5-7,17H,4,8-9H2,1-3H3,(H,16,18)/t14-/m1/s1. The van der Waals surface area contributed by atoms with Crippen molar-refractivity contribution in [2.24, 2.45) is 0 Å². The predicted molar refractivity (Wildman–Crippen MR) is 74.1 cm³/mol. The molecule has 1 atom stereocenters. The topological polar surface area (TPSA) is 49.3 Å². The largest absolute Gasteiger partial charge is 0.396 e. The minimum Gasteiger partial charge on any atom is -0.396 e. The van der Waals surface area contributed by atoms with Crippen molar-refractivity contribution in [1.82, 2.24) is 5.32 Å². The van der Waals surface area contributed by atoms with Crippen molar-refractivity contribution in [3.8, 4) is 0 Å². The SMILES string of the molecule is CC[C@](C)(CCO)NC(=O)c1cccc(C)c1Cl. The highest BCUT2D eigenvalue weighted by atomic mass is 35.5. The first-order chi connectivity index (χ1) is 8.43. The molecule has 100 valence electrons. The summed E-state index contributed by atoms with van der Waals surface area (Å²) in [5.41, 5.74) is 0.956. The van der Waals surface area contributed by atoms with Gasteiger partial charge in [-0.15, -0.1) is 0 Å². The van der Waals surface area contributed by atoms with Gasteiger partial charge in [0.1, 0.15) is 0 Å². The molecule has 3 nitrogen and oxygen atoms in total. The van der Waals surface area contributed by atoms with Crippen LogP contribution in [0, 0.1) is 6.92 Å². The first kappa shape index (κ1) is 15.0. The maximum absolute atomic E-state index is 12.2. The van der Waals surface area contributed by atoms with Gasteiger partial charge in [-0.2, -0.15) is 0 Å². The van der Waals surface area contributed by atoms with Crippen LogP contribution in [0.1, 0.15) is 42.6 Å². The molecule has 0 aliphatic rings. The van der Waals surface area contributed by atoms with E-state index in [9.17, 15) is 4.79 Å². The Morgan fingerprint density at radius 3 is 2.72 bits per heavy atom. The molecule has 0 fully saturated rings. The van der Waals surface area contributed by atoms with Gasteiger partial charge >= 0.3 is 0 Å². The van der Waals surface area contributed by atoms with Crippen LogP contribution in [-0.4, -0.2) is 23.2 Å². The van der Waals surface area contributed by atoms with Crippen molar-refractivity contribution < 1.29 is 9.90 Å². The average Bonchev–Trinajstić information content (AvgIpc) is 2.32. The van der Waals surface area contributed by atoms with Crippen LogP contribution < -0.4 is 5.32 Å². The summed E-state index contributed by atoms with van der Waals surface area (Å²) in [5.74, 6) is -0.193. The lowest BCUT2D eigenvalue weighted by Gasteiger charge is -2.29. The minimum absolute atomic E-state index is 0.0478. The van der Waals surface area contributed by atoms with Crippen molar-refractivity contribution in [3.63, 3.8) is 0 Å². The molecule has 18 heavy (non-hydrogen) atoms. The van der Waals surface area contributed by atoms with Crippen LogP contribution >= 0.6 is 11.6 Å². The van der Waals surface area contributed by atoms with E-state index in [0.717, 1.165) is 12.0 Å². The lowest BCUT2D eigenvalue weighted by Crippen LogP contribution is -2.46. The summed E-state index contributed by atoms with van der Waals surface area (Å²) >= 11 is 6.13. The van der Waals surface area contributed by atoms with Crippen LogP contribution in [0.2, 0.25) is 5.02 Å². The molecule has 0 saturated heterocycles. The molecule has 0 aromatic heterocycles. The van der Waals surface area contributed by atoms with Crippen LogP contribution in [0.5, 0.6) is 0 Å². The van der Waals surface area contributed by atoms with Gasteiger partial charge in [0, 0.05) is 12.1 Å². The third kappa shape index (κ3) is 3.47. The third-order valence-corrected chi connectivity index (χ3v) is 3.80. The fourth-order valence-electron chi connectivity index (χ4n) is 1.74. The second-order valence-electron chi connectivity index (χ2n) is 4.78. The summed E-state index contributed by atoms with van der Waals surface area (Å²) in [7, 11) is 0. The number of amides is 1. The van der Waals surface area contributed by atoms with Gasteiger partial charge in [-0.1, -0.05) is 30.7 Å². The Morgan fingerprint density at radius 2 is 2.17 bits per heavy atom. The highest BCUT2D eigenvalue weighted by Crippen LogP contribution is 2.22. The average molecular weight is 270 g/mol. The first-order valence-electron chi connectivity index (χ1n) is 6.12. The zero-order valence-corrected chi connectivity index (χ0v) is 11.8. The van der Waals surface area contributed by atoms with Crippen LogP contribution in [0.3, 0.4) is 0 Å². The van der Waals surface area contributed by atoms with Crippen LogP contribution in [0.25, 0.3) is 0 Å². The second kappa shape index (κ2) is 6.21. The molecular weight excluding hydrogens is 250 g/mol. The molecule has 0 heterocycles. The third-order valence-electron chi connectivity index (χ3n) is 3.30. The minimum atomic E-state index is -0.404. The van der Waals surface area contributed by atoms with E-state index >= 15 is 0 Å². The van der Waals surface area contributed by atoms with Crippen LogP contribution in [-0.2, 0) is 0 Å². The molecule has 2 N–H and O–H groups in total. The van der Waals surface area contributed by atoms with Crippen LogP contribution in [0.15, 0.2) is 18.2 Å². The number of hydrogen-bond acceptors (Lipinski definition) is 2. The molecule has 0 aliphatic carbocycles. The number of rotatable bonds is 5. The summed E-state index contributed by atoms with van der Waals surface area (Å²) in [5, 5.41) is 12.5. The van der Waals surface area contributed by atoms with Gasteiger partial charge in [0.2, 0.25) is 0 Å². The first-order valence-corrected chi connectivity index (χ1v) is 6.50. The summed E-state index contributed by atoms with van der Waals surface area (Å²) in [6.07, 6.45) is 1.28. The predicted octanol–water partition coefficient (Wildman–Crippen LogP) is 2.93. The summed E-state index contributed by atoms with van der Waals surface area (Å²) in [4.78, 5) is 12.2. The molecule has 4 heteroatoms. The molecule has 0 unspecified atom stereocenters. The number of aliphatic hydroxyl groups excluding tert-OH is 1. The van der Waals surface area contributed by atoms with Gasteiger partial charge in [0.05, 0.1) is 10.6 Å². The summed E-state index contributed by atoms with van der Waals surface area (Å²) in [6.45, 7) is 5.82. The van der Waals surface area contributed by atoms with Crippen molar-refractivity contribution in [3.05, 3.63) is 34.3 Å². The van der Waals surface area contributed by atoms with E-state index in [0.29, 0.717) is 17.0 Å². The highest BCUT2D eigenvalue weighted by Gasteiger charge is 2.25. The Hall–Kier alpha value is -1.06. The number of aryl methyl sites for hydroxylation is 1. The smallest absolute Gasteiger partial charge is 0.253 e. The Morgan fingerprint density at radius 1 is 1.50 bits per heavy atom. The van der Waals surface area contributed by atoms with Crippen molar-refractivity contribution in [1.29, 1.82) is 0 Å². The lowest BCUT2D eigenvalue weighted by molar-refractivity contribution is 0.0886. The van der Waals surface area contributed by atoms with Gasteiger partial charge in [-0.3, -0.25) is 4.79 Å². The fraction of sp³-hybridized carbons (Fsp3) is 0.500. The molecule has 1 rings (SSSR count). The maximum Gasteiger partial charge on any atom is 0.253 e. The molecule has 0 aliphatic heterocycles. The molecule has 0 bridgehead atoms. The van der Waals surface area contributed by atoms with E-state index in [1.54, 1.807) is 6.07 Å². The normalized spacial score (nSPS) is 14.1. The molecular formula is C14H20ClNO2. The molecule has 1 aromatic rings. The van der Waals surface area contributed by atoms with E-state index in [1.165, 1.54) is 0 Å². The fourth-order valence-corrected chi connectivity index (χ4v) is 1.95. The van der Waals surface area contributed by atoms with Gasteiger partial charge in [-0.25, -0.2) is 0 Å². The van der Waals surface area contributed by atoms with Gasteiger partial charge in [0.15, 0.2) is 0 Å². The van der Waals surface area contributed by atoms with Crippen molar-refractivity contribution in [2.75, 3.05) is 6.61 Å². The Labute approximate surface area is 113 Å². The van der Waals surface area contributed by atoms with E-state index in [4.69, 9.17) is 16.7 Å². The van der Waals surface area contributed by atoms with Gasteiger partial charge < -0.3 is 10.4 Å². The Kier molecular flexibility index (Phi) is 5.17. The number of carbonyl (C=O) groups is 1. The van der Waals surface area contributed by atoms with E-state index in [-0.39, 0.29) is 12.5 Å². The highest BCUT2D eigenvalue weighted by molar-refractivity contribution is 6.34. The van der Waals surface area contributed by atoms with E-state index < -0.39 is 5.54 Å². The lowest BCUT2D eigenvalue weighted by atomic mass is 9.94. The number of nitrogens with one attached hydrogen (secondary N) is 1.